The molecule has 0 amide bonds. The van der Waals surface area contributed by atoms with E-state index >= 15 is 0 Å². The molecule has 1 unspecified atom stereocenters. The Balaban J connectivity index is 1.92. The Morgan fingerprint density at radius 3 is 2.65 bits per heavy atom. The van der Waals surface area contributed by atoms with Crippen molar-refractivity contribution < 1.29 is 14.6 Å². The van der Waals surface area contributed by atoms with E-state index in [2.05, 4.69) is 20.9 Å². The van der Waals surface area contributed by atoms with Crippen LogP contribution in [0.15, 0.2) is 41.1 Å². The van der Waals surface area contributed by atoms with Crippen LogP contribution in [0, 0.1) is 0 Å². The molecule has 0 spiro atoms. The second-order valence-corrected chi connectivity index (χ2v) is 5.51. The van der Waals surface area contributed by atoms with Gasteiger partial charge in [-0.25, -0.2) is 0 Å². The van der Waals surface area contributed by atoms with Gasteiger partial charge in [0.25, 0.3) is 0 Å². The lowest BCUT2D eigenvalue weighted by Gasteiger charge is -2.14. The molecule has 20 heavy (non-hydrogen) atoms. The fourth-order valence-electron chi connectivity index (χ4n) is 2.12. The van der Waals surface area contributed by atoms with Crippen molar-refractivity contribution in [1.29, 1.82) is 0 Å². The van der Waals surface area contributed by atoms with E-state index in [0.29, 0.717) is 19.0 Å². The van der Waals surface area contributed by atoms with Crippen molar-refractivity contribution in [3.05, 3.63) is 52.3 Å². The van der Waals surface area contributed by atoms with Crippen LogP contribution >= 0.6 is 15.9 Å². The van der Waals surface area contributed by atoms with Crippen molar-refractivity contribution in [3.63, 3.8) is 0 Å². The Bertz CT molecular complexity index is 618. The molecule has 0 aliphatic carbocycles. The van der Waals surface area contributed by atoms with Crippen LogP contribution < -0.4 is 9.47 Å². The molecule has 5 heteroatoms. The Morgan fingerprint density at radius 1 is 1.05 bits per heavy atom. The number of aliphatic hydroxyl groups excluding tert-OH is 1. The van der Waals surface area contributed by atoms with Crippen molar-refractivity contribution in [2.45, 2.75) is 12.5 Å². The van der Waals surface area contributed by atoms with Crippen LogP contribution in [0.4, 0.5) is 0 Å². The van der Waals surface area contributed by atoms with Gasteiger partial charge in [-0.15, -0.1) is 0 Å². The topological polar surface area (TPSA) is 51.6 Å². The smallest absolute Gasteiger partial charge is 0.161 e. The van der Waals surface area contributed by atoms with Crippen molar-refractivity contribution in [2.24, 2.45) is 0 Å². The zero-order valence-corrected chi connectivity index (χ0v) is 12.3. The van der Waals surface area contributed by atoms with Crippen LogP contribution in [-0.4, -0.2) is 23.3 Å². The van der Waals surface area contributed by atoms with Crippen molar-refractivity contribution in [2.75, 3.05) is 13.2 Å². The summed E-state index contributed by atoms with van der Waals surface area (Å²) in [4.78, 5) is 4.07. The minimum atomic E-state index is -0.739. The molecule has 1 aliphatic heterocycles. The monoisotopic (exact) mass is 335 g/mol. The first-order valence-electron chi connectivity index (χ1n) is 6.42. The Kier molecular flexibility index (Phi) is 3.89. The summed E-state index contributed by atoms with van der Waals surface area (Å²) in [5.74, 6) is 1.41. The van der Waals surface area contributed by atoms with Gasteiger partial charge in [0, 0.05) is 28.9 Å². The summed E-state index contributed by atoms with van der Waals surface area (Å²) >= 11 is 3.36. The van der Waals surface area contributed by atoms with E-state index < -0.39 is 6.10 Å². The van der Waals surface area contributed by atoms with E-state index in [0.717, 1.165) is 27.8 Å². The van der Waals surface area contributed by atoms with Crippen LogP contribution in [0.5, 0.6) is 11.5 Å². The predicted molar refractivity (Wildman–Crippen MR) is 78.0 cm³/mol. The number of hydrogen-bond acceptors (Lipinski definition) is 4. The quantitative estimate of drug-likeness (QED) is 0.916. The zero-order valence-electron chi connectivity index (χ0n) is 10.8. The maximum Gasteiger partial charge on any atom is 0.161 e. The molecule has 2 aromatic rings. The second-order valence-electron chi connectivity index (χ2n) is 4.60. The number of aliphatic hydroxyl groups is 1. The lowest BCUT2D eigenvalue weighted by molar-refractivity contribution is 0.219. The van der Waals surface area contributed by atoms with Crippen LogP contribution in [0.2, 0.25) is 0 Å². The minimum absolute atomic E-state index is 0.630. The summed E-state index contributed by atoms with van der Waals surface area (Å²) < 4.78 is 12.1. The maximum absolute atomic E-state index is 10.4. The highest BCUT2D eigenvalue weighted by atomic mass is 79.9. The highest BCUT2D eigenvalue weighted by molar-refractivity contribution is 9.10. The molecule has 1 aliphatic rings. The molecule has 104 valence electrons. The highest BCUT2D eigenvalue weighted by Gasteiger charge is 2.16. The van der Waals surface area contributed by atoms with Gasteiger partial charge in [-0.05, 0) is 39.7 Å². The number of halogens is 1. The van der Waals surface area contributed by atoms with Crippen LogP contribution in [0.1, 0.15) is 23.7 Å². The average Bonchev–Trinajstić information content (AvgIpc) is 2.71. The molecule has 2 heterocycles. The largest absolute Gasteiger partial charge is 0.490 e. The molecule has 0 saturated heterocycles. The molecule has 1 N–H and O–H groups in total. The first kappa shape index (κ1) is 13.4. The van der Waals surface area contributed by atoms with Crippen LogP contribution in [0.25, 0.3) is 0 Å². The normalized spacial score (nSPS) is 15.5. The molecule has 0 radical (unpaired) electrons. The van der Waals surface area contributed by atoms with Gasteiger partial charge in [0.2, 0.25) is 0 Å². The van der Waals surface area contributed by atoms with Gasteiger partial charge in [-0.1, -0.05) is 6.07 Å². The molecule has 3 rings (SSSR count). The van der Waals surface area contributed by atoms with Crippen LogP contribution in [-0.2, 0) is 0 Å². The Labute approximate surface area is 125 Å². The summed E-state index contributed by atoms with van der Waals surface area (Å²) in [6.07, 6.45) is 3.46. The Morgan fingerprint density at radius 2 is 1.85 bits per heavy atom. The SMILES string of the molecule is OC(c1cncc(Br)c1)c1ccc2c(c1)OCCCO2. The summed E-state index contributed by atoms with van der Waals surface area (Å²) in [6, 6.07) is 7.36. The summed E-state index contributed by atoms with van der Waals surface area (Å²) in [6.45, 7) is 1.29. The molecule has 1 atom stereocenters. The molecule has 0 saturated carbocycles. The standard InChI is InChI=1S/C15H14BrNO3/c16-12-6-11(8-17-9-12)15(18)10-2-3-13-14(7-10)20-5-1-4-19-13/h2-3,6-9,15,18H,1,4-5H2. The van der Waals surface area contributed by atoms with Gasteiger partial charge in [0.05, 0.1) is 13.2 Å². The first-order valence-corrected chi connectivity index (χ1v) is 7.21. The lowest BCUT2D eigenvalue weighted by Crippen LogP contribution is -2.01. The first-order chi connectivity index (χ1) is 9.74. The number of hydrogen-bond donors (Lipinski definition) is 1. The molecule has 4 nitrogen and oxygen atoms in total. The number of nitrogens with zero attached hydrogens (tertiary/aromatic N) is 1. The third kappa shape index (κ3) is 2.78. The van der Waals surface area contributed by atoms with E-state index in [9.17, 15) is 5.11 Å². The predicted octanol–water partition coefficient (Wildman–Crippen LogP) is 3.09. The summed E-state index contributed by atoms with van der Waals surface area (Å²) in [5, 5.41) is 10.4. The van der Waals surface area contributed by atoms with Gasteiger partial charge >= 0.3 is 0 Å². The zero-order chi connectivity index (χ0) is 13.9. The fraction of sp³-hybridized carbons (Fsp3) is 0.267. The molecule has 0 bridgehead atoms. The highest BCUT2D eigenvalue weighted by Crippen LogP contribution is 2.34. The van der Waals surface area contributed by atoms with Gasteiger partial charge in [0.1, 0.15) is 6.10 Å². The van der Waals surface area contributed by atoms with E-state index in [4.69, 9.17) is 9.47 Å². The number of pyridine rings is 1. The molecular formula is C15H14BrNO3. The van der Waals surface area contributed by atoms with Gasteiger partial charge in [0.15, 0.2) is 11.5 Å². The minimum Gasteiger partial charge on any atom is -0.490 e. The number of aromatic nitrogens is 1. The van der Waals surface area contributed by atoms with E-state index in [1.165, 1.54) is 0 Å². The molecule has 1 aromatic heterocycles. The maximum atomic E-state index is 10.4. The van der Waals surface area contributed by atoms with E-state index in [1.54, 1.807) is 12.4 Å². The van der Waals surface area contributed by atoms with Crippen LogP contribution in [0.3, 0.4) is 0 Å². The van der Waals surface area contributed by atoms with Crippen molar-refractivity contribution in [1.82, 2.24) is 4.98 Å². The molecule has 1 aromatic carbocycles. The fourth-order valence-corrected chi connectivity index (χ4v) is 2.50. The molecule has 0 fully saturated rings. The van der Waals surface area contributed by atoms with E-state index in [-0.39, 0.29) is 0 Å². The summed E-state index contributed by atoms with van der Waals surface area (Å²) in [7, 11) is 0. The van der Waals surface area contributed by atoms with E-state index in [1.807, 2.05) is 24.3 Å². The number of fused-ring (bicyclic) bond motifs is 1. The second kappa shape index (κ2) is 5.81. The van der Waals surface area contributed by atoms with Gasteiger partial charge in [-0.2, -0.15) is 0 Å². The van der Waals surface area contributed by atoms with Gasteiger partial charge in [-0.3, -0.25) is 4.98 Å². The summed E-state index contributed by atoms with van der Waals surface area (Å²) in [5.41, 5.74) is 1.49. The Hall–Kier alpha value is -1.59. The third-order valence-corrected chi connectivity index (χ3v) is 3.56. The average molecular weight is 336 g/mol. The number of ether oxygens (including phenoxy) is 2. The number of rotatable bonds is 2. The van der Waals surface area contributed by atoms with Crippen molar-refractivity contribution >= 4 is 15.9 Å². The third-order valence-electron chi connectivity index (χ3n) is 3.13. The number of benzene rings is 1. The van der Waals surface area contributed by atoms with Crippen molar-refractivity contribution in [3.8, 4) is 11.5 Å². The molecular weight excluding hydrogens is 322 g/mol. The lowest BCUT2D eigenvalue weighted by atomic mass is 10.0. The van der Waals surface area contributed by atoms with Gasteiger partial charge < -0.3 is 14.6 Å².